The molecule has 3 N–H and O–H groups in total. The Kier molecular flexibility index (Phi) is 4.42. The number of ether oxygens (including phenoxy) is 1. The van der Waals surface area contributed by atoms with Gasteiger partial charge in [0.15, 0.2) is 0 Å². The Labute approximate surface area is 112 Å². The molecule has 2 fully saturated rings. The van der Waals surface area contributed by atoms with E-state index in [4.69, 9.17) is 15.6 Å². The zero-order valence-corrected chi connectivity index (χ0v) is 11.2. The summed E-state index contributed by atoms with van der Waals surface area (Å²) in [4.78, 5) is 25.1. The quantitative estimate of drug-likeness (QED) is 0.756. The lowest BCUT2D eigenvalue weighted by atomic mass is 9.85. The van der Waals surface area contributed by atoms with E-state index in [9.17, 15) is 9.59 Å². The largest absolute Gasteiger partial charge is 0.481 e. The van der Waals surface area contributed by atoms with E-state index >= 15 is 0 Å². The molecule has 2 aliphatic rings. The molecule has 1 aliphatic carbocycles. The molecule has 4 atom stereocenters. The number of aliphatic carboxylic acids is 1. The van der Waals surface area contributed by atoms with E-state index in [-0.39, 0.29) is 30.5 Å². The van der Waals surface area contributed by atoms with Gasteiger partial charge in [0.1, 0.15) is 5.92 Å². The molecule has 1 heterocycles. The van der Waals surface area contributed by atoms with E-state index in [1.807, 2.05) is 0 Å². The second-order valence-electron chi connectivity index (χ2n) is 5.62. The first-order valence-electron chi connectivity index (χ1n) is 6.83. The molecule has 2 rings (SSSR count). The molecule has 1 saturated carbocycles. The van der Waals surface area contributed by atoms with E-state index in [1.165, 1.54) is 0 Å². The van der Waals surface area contributed by atoms with Crippen molar-refractivity contribution in [2.24, 2.45) is 17.6 Å². The summed E-state index contributed by atoms with van der Waals surface area (Å²) in [6.45, 7) is 0.486. The molecular formula is C13H22N2O4. The second-order valence-corrected chi connectivity index (χ2v) is 5.62. The zero-order valence-electron chi connectivity index (χ0n) is 11.2. The Balaban J connectivity index is 2.00. The molecule has 19 heavy (non-hydrogen) atoms. The Hall–Kier alpha value is -1.14. The van der Waals surface area contributed by atoms with Crippen LogP contribution in [-0.2, 0) is 14.3 Å². The van der Waals surface area contributed by atoms with Crippen molar-refractivity contribution in [2.75, 3.05) is 20.3 Å². The van der Waals surface area contributed by atoms with Gasteiger partial charge in [0.2, 0.25) is 5.91 Å². The first kappa shape index (κ1) is 14.3. The highest BCUT2D eigenvalue weighted by atomic mass is 16.5. The fourth-order valence-corrected chi connectivity index (χ4v) is 3.06. The van der Waals surface area contributed by atoms with Gasteiger partial charge in [-0.25, -0.2) is 0 Å². The van der Waals surface area contributed by atoms with Crippen LogP contribution in [0.5, 0.6) is 0 Å². The minimum Gasteiger partial charge on any atom is -0.481 e. The van der Waals surface area contributed by atoms with Crippen molar-refractivity contribution in [3.63, 3.8) is 0 Å². The van der Waals surface area contributed by atoms with E-state index in [0.29, 0.717) is 13.0 Å². The molecule has 1 aliphatic heterocycles. The highest BCUT2D eigenvalue weighted by Gasteiger charge is 2.40. The van der Waals surface area contributed by atoms with Crippen molar-refractivity contribution >= 4 is 11.9 Å². The molecule has 108 valence electrons. The fraction of sp³-hybridized carbons (Fsp3) is 0.846. The van der Waals surface area contributed by atoms with Crippen molar-refractivity contribution in [1.29, 1.82) is 0 Å². The van der Waals surface area contributed by atoms with Gasteiger partial charge in [-0.2, -0.15) is 0 Å². The summed E-state index contributed by atoms with van der Waals surface area (Å²) in [6, 6.07) is -0.269. The number of amides is 1. The van der Waals surface area contributed by atoms with Gasteiger partial charge in [0.25, 0.3) is 0 Å². The average Bonchev–Trinajstić information content (AvgIpc) is 2.86. The number of hydrogen-bond acceptors (Lipinski definition) is 4. The lowest BCUT2D eigenvalue weighted by Gasteiger charge is -2.33. The summed E-state index contributed by atoms with van der Waals surface area (Å²) >= 11 is 0. The van der Waals surface area contributed by atoms with Crippen molar-refractivity contribution in [3.8, 4) is 0 Å². The topological polar surface area (TPSA) is 92.9 Å². The van der Waals surface area contributed by atoms with Gasteiger partial charge >= 0.3 is 5.97 Å². The van der Waals surface area contributed by atoms with Crippen LogP contribution < -0.4 is 5.73 Å². The number of carboxylic acid groups (broad SMARTS) is 1. The summed E-state index contributed by atoms with van der Waals surface area (Å²) in [6.07, 6.45) is 3.49. The predicted octanol–water partition coefficient (Wildman–Crippen LogP) is 0.0619. The van der Waals surface area contributed by atoms with Gasteiger partial charge < -0.3 is 20.5 Å². The molecule has 0 spiro atoms. The molecule has 6 heteroatoms. The van der Waals surface area contributed by atoms with Crippen molar-refractivity contribution in [2.45, 2.75) is 37.8 Å². The summed E-state index contributed by atoms with van der Waals surface area (Å²) in [5.74, 6) is -1.57. The Morgan fingerprint density at radius 2 is 2.05 bits per heavy atom. The average molecular weight is 270 g/mol. The number of likely N-dealkylation sites (N-methyl/N-ethyl adjacent to an activating group) is 1. The lowest BCUT2D eigenvalue weighted by molar-refractivity contribution is -0.145. The highest BCUT2D eigenvalue weighted by Crippen LogP contribution is 2.27. The third-order valence-corrected chi connectivity index (χ3v) is 4.28. The minimum absolute atomic E-state index is 0.0110. The maximum Gasteiger partial charge on any atom is 0.311 e. The van der Waals surface area contributed by atoms with Crippen LogP contribution in [0.15, 0.2) is 0 Å². The number of hydrogen-bond donors (Lipinski definition) is 2. The lowest BCUT2D eigenvalue weighted by Crippen LogP contribution is -2.47. The smallest absolute Gasteiger partial charge is 0.311 e. The number of carboxylic acids is 1. The molecule has 0 aromatic rings. The summed E-state index contributed by atoms with van der Waals surface area (Å²) in [7, 11) is 1.68. The normalized spacial score (nSPS) is 35.1. The van der Waals surface area contributed by atoms with E-state index < -0.39 is 11.9 Å². The van der Waals surface area contributed by atoms with Crippen LogP contribution in [-0.4, -0.2) is 54.2 Å². The number of nitrogens with zero attached hydrogens (tertiary/aromatic N) is 1. The molecule has 0 bridgehead atoms. The maximum absolute atomic E-state index is 12.4. The van der Waals surface area contributed by atoms with E-state index in [2.05, 4.69) is 0 Å². The van der Waals surface area contributed by atoms with Crippen LogP contribution >= 0.6 is 0 Å². The number of carbonyl (C=O) groups excluding carboxylic acids is 1. The highest BCUT2D eigenvalue weighted by molar-refractivity contribution is 5.80. The molecule has 0 radical (unpaired) electrons. The fourth-order valence-electron chi connectivity index (χ4n) is 3.06. The SMILES string of the molecule is CN(C(=O)C1CCCC(N)C1)C1COCC1C(=O)O. The van der Waals surface area contributed by atoms with Gasteiger partial charge in [-0.1, -0.05) is 6.42 Å². The molecule has 6 nitrogen and oxygen atoms in total. The Morgan fingerprint density at radius 3 is 2.68 bits per heavy atom. The van der Waals surface area contributed by atoms with Crippen molar-refractivity contribution in [1.82, 2.24) is 4.90 Å². The molecule has 1 amide bonds. The second kappa shape index (κ2) is 5.88. The molecule has 0 aromatic carbocycles. The third kappa shape index (κ3) is 3.06. The molecule has 0 aromatic heterocycles. The van der Waals surface area contributed by atoms with E-state index in [0.717, 1.165) is 19.3 Å². The van der Waals surface area contributed by atoms with Crippen LogP contribution in [0, 0.1) is 11.8 Å². The predicted molar refractivity (Wildman–Crippen MR) is 68.4 cm³/mol. The van der Waals surface area contributed by atoms with Gasteiger partial charge in [-0.3, -0.25) is 9.59 Å². The third-order valence-electron chi connectivity index (χ3n) is 4.28. The minimum atomic E-state index is -0.900. The summed E-state index contributed by atoms with van der Waals surface area (Å²) in [5, 5.41) is 9.13. The standard InChI is InChI=1S/C13H22N2O4/c1-15(11-7-19-6-10(11)13(17)18)12(16)8-3-2-4-9(14)5-8/h8-11H,2-7,14H2,1H3,(H,17,18). The van der Waals surface area contributed by atoms with Crippen LogP contribution in [0.25, 0.3) is 0 Å². The first-order valence-corrected chi connectivity index (χ1v) is 6.83. The summed E-state index contributed by atoms with van der Waals surface area (Å²) in [5.41, 5.74) is 5.90. The van der Waals surface area contributed by atoms with Gasteiger partial charge in [-0.05, 0) is 19.3 Å². The Bertz CT molecular complexity index is 361. The maximum atomic E-state index is 12.4. The van der Waals surface area contributed by atoms with Crippen LogP contribution in [0.2, 0.25) is 0 Å². The van der Waals surface area contributed by atoms with Gasteiger partial charge in [-0.15, -0.1) is 0 Å². The first-order chi connectivity index (χ1) is 9.00. The van der Waals surface area contributed by atoms with Crippen LogP contribution in [0.4, 0.5) is 0 Å². The number of rotatable bonds is 3. The summed E-state index contributed by atoms with van der Waals surface area (Å²) < 4.78 is 5.21. The van der Waals surface area contributed by atoms with Gasteiger partial charge in [0, 0.05) is 19.0 Å². The number of carbonyl (C=O) groups is 2. The Morgan fingerprint density at radius 1 is 1.32 bits per heavy atom. The molecule has 1 saturated heterocycles. The van der Waals surface area contributed by atoms with E-state index in [1.54, 1.807) is 11.9 Å². The van der Waals surface area contributed by atoms with Crippen molar-refractivity contribution < 1.29 is 19.4 Å². The molecule has 4 unspecified atom stereocenters. The zero-order chi connectivity index (χ0) is 14.0. The van der Waals surface area contributed by atoms with Gasteiger partial charge in [0.05, 0.1) is 19.3 Å². The monoisotopic (exact) mass is 270 g/mol. The van der Waals surface area contributed by atoms with Crippen LogP contribution in [0.1, 0.15) is 25.7 Å². The van der Waals surface area contributed by atoms with Crippen LogP contribution in [0.3, 0.4) is 0 Å². The number of nitrogens with two attached hydrogens (primary N) is 1. The molecular weight excluding hydrogens is 248 g/mol. The van der Waals surface area contributed by atoms with Crippen molar-refractivity contribution in [3.05, 3.63) is 0 Å².